The van der Waals surface area contributed by atoms with E-state index >= 15 is 0 Å². The Morgan fingerprint density at radius 2 is 2.00 bits per heavy atom. The minimum Gasteiger partial charge on any atom is -0.465 e. The number of benzene rings is 2. The molecule has 4 rings (SSSR count). The van der Waals surface area contributed by atoms with Gasteiger partial charge in [-0.2, -0.15) is 0 Å². The summed E-state index contributed by atoms with van der Waals surface area (Å²) in [4.78, 5) is 29.9. The fourth-order valence-corrected chi connectivity index (χ4v) is 3.71. The van der Waals surface area contributed by atoms with Gasteiger partial charge in [0.2, 0.25) is 11.9 Å². The van der Waals surface area contributed by atoms with E-state index < -0.39 is 23.8 Å². The molecule has 1 amide bonds. The molecule has 8 heteroatoms. The highest BCUT2D eigenvalue weighted by Crippen LogP contribution is 2.40. The van der Waals surface area contributed by atoms with E-state index in [1.807, 2.05) is 28.8 Å². The number of rotatable bonds is 3. The first kappa shape index (κ1) is 17.8. The molecule has 27 heavy (non-hydrogen) atoms. The largest absolute Gasteiger partial charge is 0.465 e. The van der Waals surface area contributed by atoms with Crippen molar-refractivity contribution in [3.8, 4) is 0 Å². The number of hydrogen-bond donors (Lipinski definition) is 1. The first-order valence-electron chi connectivity index (χ1n) is 8.40. The number of halogens is 2. The maximum atomic E-state index is 12.8. The topological polar surface area (TPSA) is 73.2 Å². The second-order valence-electron chi connectivity index (χ2n) is 6.13. The Labute approximate surface area is 165 Å². The van der Waals surface area contributed by atoms with Gasteiger partial charge in [-0.15, -0.1) is 0 Å². The van der Waals surface area contributed by atoms with E-state index in [9.17, 15) is 9.59 Å². The SMILES string of the molecule is CCOC(=O)[C@@H]1C(=O)Nc2nc3ccccc3n2[C@H]1c1ccc(Cl)c(Cl)c1. The molecule has 2 atom stereocenters. The van der Waals surface area contributed by atoms with Crippen molar-refractivity contribution in [3.63, 3.8) is 0 Å². The first-order chi connectivity index (χ1) is 13.0. The average molecular weight is 404 g/mol. The number of aromatic nitrogens is 2. The number of para-hydroxylation sites is 2. The lowest BCUT2D eigenvalue weighted by molar-refractivity contribution is -0.152. The van der Waals surface area contributed by atoms with Crippen LogP contribution in [-0.4, -0.2) is 28.0 Å². The van der Waals surface area contributed by atoms with Crippen molar-refractivity contribution in [3.05, 3.63) is 58.1 Å². The van der Waals surface area contributed by atoms with E-state index in [0.717, 1.165) is 5.52 Å². The van der Waals surface area contributed by atoms with Gasteiger partial charge in [0.1, 0.15) is 0 Å². The van der Waals surface area contributed by atoms with Gasteiger partial charge < -0.3 is 9.30 Å². The molecule has 0 aliphatic carbocycles. The Morgan fingerprint density at radius 1 is 1.22 bits per heavy atom. The van der Waals surface area contributed by atoms with E-state index in [1.165, 1.54) is 0 Å². The zero-order valence-corrected chi connectivity index (χ0v) is 15.8. The highest BCUT2D eigenvalue weighted by molar-refractivity contribution is 6.42. The lowest BCUT2D eigenvalue weighted by atomic mass is 9.90. The van der Waals surface area contributed by atoms with E-state index in [-0.39, 0.29) is 6.61 Å². The average Bonchev–Trinajstić information content (AvgIpc) is 3.00. The molecule has 1 aliphatic heterocycles. The van der Waals surface area contributed by atoms with Gasteiger partial charge in [-0.25, -0.2) is 4.98 Å². The number of hydrogen-bond acceptors (Lipinski definition) is 4. The summed E-state index contributed by atoms with van der Waals surface area (Å²) in [5, 5.41) is 3.45. The summed E-state index contributed by atoms with van der Waals surface area (Å²) >= 11 is 12.3. The predicted molar refractivity (Wildman–Crippen MR) is 103 cm³/mol. The predicted octanol–water partition coefficient (Wildman–Crippen LogP) is 4.06. The van der Waals surface area contributed by atoms with Gasteiger partial charge in [0.05, 0.1) is 33.7 Å². The van der Waals surface area contributed by atoms with Crippen molar-refractivity contribution < 1.29 is 14.3 Å². The molecule has 1 aliphatic rings. The Balaban J connectivity index is 1.97. The molecule has 0 saturated heterocycles. The van der Waals surface area contributed by atoms with Gasteiger partial charge >= 0.3 is 5.97 Å². The summed E-state index contributed by atoms with van der Waals surface area (Å²) in [5.41, 5.74) is 2.17. The van der Waals surface area contributed by atoms with Crippen LogP contribution < -0.4 is 5.32 Å². The Bertz CT molecular complexity index is 1060. The number of carbonyl (C=O) groups excluding carboxylic acids is 2. The number of carbonyl (C=O) groups is 2. The third kappa shape index (κ3) is 2.95. The minimum atomic E-state index is -1.08. The van der Waals surface area contributed by atoms with Crippen LogP contribution in [0.15, 0.2) is 42.5 Å². The summed E-state index contributed by atoms with van der Waals surface area (Å²) < 4.78 is 7.00. The molecule has 0 bridgehead atoms. The molecule has 138 valence electrons. The molecule has 2 aromatic carbocycles. The molecule has 0 spiro atoms. The standard InChI is InChI=1S/C19H15Cl2N3O3/c1-2-27-18(26)15-16(10-7-8-11(20)12(21)9-10)24-14-6-4-3-5-13(14)22-19(24)23-17(15)25/h3-9,15-16H,2H2,1H3,(H,22,23,25)/t15-,16-/m0/s1. The molecule has 0 saturated carbocycles. The molecule has 1 N–H and O–H groups in total. The number of esters is 1. The van der Waals surface area contributed by atoms with Crippen LogP contribution in [0.2, 0.25) is 10.0 Å². The molecular formula is C19H15Cl2N3O3. The summed E-state index contributed by atoms with van der Waals surface area (Å²) in [6, 6.07) is 11.9. The summed E-state index contributed by atoms with van der Waals surface area (Å²) in [7, 11) is 0. The van der Waals surface area contributed by atoms with Crippen molar-refractivity contribution in [2.75, 3.05) is 11.9 Å². The molecule has 1 aromatic heterocycles. The van der Waals surface area contributed by atoms with Crippen LogP contribution in [0.5, 0.6) is 0 Å². The van der Waals surface area contributed by atoms with Crippen LogP contribution >= 0.6 is 23.2 Å². The molecule has 3 aromatic rings. The second-order valence-corrected chi connectivity index (χ2v) is 6.95. The molecule has 6 nitrogen and oxygen atoms in total. The summed E-state index contributed by atoms with van der Waals surface area (Å²) in [6.07, 6.45) is 0. The highest BCUT2D eigenvalue weighted by Gasteiger charge is 2.44. The molecule has 0 unspecified atom stereocenters. The van der Waals surface area contributed by atoms with E-state index in [4.69, 9.17) is 27.9 Å². The van der Waals surface area contributed by atoms with E-state index in [1.54, 1.807) is 25.1 Å². The zero-order chi connectivity index (χ0) is 19.1. The van der Waals surface area contributed by atoms with Gasteiger partial charge in [-0.3, -0.25) is 14.9 Å². The zero-order valence-electron chi connectivity index (χ0n) is 14.3. The van der Waals surface area contributed by atoms with Crippen molar-refractivity contribution in [1.29, 1.82) is 0 Å². The van der Waals surface area contributed by atoms with Crippen molar-refractivity contribution >= 4 is 52.1 Å². The lowest BCUT2D eigenvalue weighted by Crippen LogP contribution is -2.43. The van der Waals surface area contributed by atoms with Gasteiger partial charge in [0.25, 0.3) is 0 Å². The Kier molecular flexibility index (Phi) is 4.53. The Morgan fingerprint density at radius 3 is 2.74 bits per heavy atom. The van der Waals surface area contributed by atoms with Crippen molar-refractivity contribution in [1.82, 2.24) is 9.55 Å². The Hall–Kier alpha value is -2.57. The van der Waals surface area contributed by atoms with E-state index in [0.29, 0.717) is 27.1 Å². The van der Waals surface area contributed by atoms with Crippen LogP contribution in [0.3, 0.4) is 0 Å². The molecule has 0 fully saturated rings. The fraction of sp³-hybridized carbons (Fsp3) is 0.211. The summed E-state index contributed by atoms with van der Waals surface area (Å²) in [6.45, 7) is 1.87. The normalized spacial score (nSPS) is 18.9. The smallest absolute Gasteiger partial charge is 0.321 e. The van der Waals surface area contributed by atoms with Crippen LogP contribution in [-0.2, 0) is 14.3 Å². The summed E-state index contributed by atoms with van der Waals surface area (Å²) in [5.74, 6) is -1.77. The molecule has 2 heterocycles. The third-order valence-corrected chi connectivity index (χ3v) is 5.27. The highest BCUT2D eigenvalue weighted by atomic mass is 35.5. The van der Waals surface area contributed by atoms with Gasteiger partial charge in [-0.1, -0.05) is 41.4 Å². The number of fused-ring (bicyclic) bond motifs is 3. The van der Waals surface area contributed by atoms with Gasteiger partial charge in [0, 0.05) is 0 Å². The number of imidazole rings is 1. The number of anilines is 1. The maximum Gasteiger partial charge on any atom is 0.321 e. The maximum absolute atomic E-state index is 12.8. The quantitative estimate of drug-likeness (QED) is 0.528. The molecule has 0 radical (unpaired) electrons. The second kappa shape index (κ2) is 6.87. The number of amides is 1. The first-order valence-corrected chi connectivity index (χ1v) is 9.16. The van der Waals surface area contributed by atoms with Crippen LogP contribution in [0.25, 0.3) is 11.0 Å². The van der Waals surface area contributed by atoms with Crippen LogP contribution in [0.1, 0.15) is 18.5 Å². The van der Waals surface area contributed by atoms with Crippen LogP contribution in [0, 0.1) is 5.92 Å². The van der Waals surface area contributed by atoms with Gasteiger partial charge in [0.15, 0.2) is 5.92 Å². The number of nitrogens with one attached hydrogen (secondary N) is 1. The number of nitrogens with zero attached hydrogens (tertiary/aromatic N) is 2. The minimum absolute atomic E-state index is 0.175. The van der Waals surface area contributed by atoms with Crippen molar-refractivity contribution in [2.45, 2.75) is 13.0 Å². The lowest BCUT2D eigenvalue weighted by Gasteiger charge is -2.32. The number of ether oxygens (including phenoxy) is 1. The van der Waals surface area contributed by atoms with E-state index in [2.05, 4.69) is 10.3 Å². The van der Waals surface area contributed by atoms with Crippen molar-refractivity contribution in [2.24, 2.45) is 5.92 Å². The monoisotopic (exact) mass is 403 g/mol. The fourth-order valence-electron chi connectivity index (χ4n) is 3.40. The molecular weight excluding hydrogens is 389 g/mol. The third-order valence-electron chi connectivity index (χ3n) is 4.53. The van der Waals surface area contributed by atoms with Crippen LogP contribution in [0.4, 0.5) is 5.95 Å². The van der Waals surface area contributed by atoms with Gasteiger partial charge in [-0.05, 0) is 36.8 Å².